The smallest absolute Gasteiger partial charge is 0.239 e. The van der Waals surface area contributed by atoms with Gasteiger partial charge in [-0.3, -0.25) is 9.69 Å². The molecule has 142 valence electrons. The molecule has 2 aliphatic rings. The number of aromatic nitrogens is 2. The number of rotatable bonds is 3. The highest BCUT2D eigenvalue weighted by molar-refractivity contribution is 5.91. The second-order valence-corrected chi connectivity index (χ2v) is 7.50. The van der Waals surface area contributed by atoms with E-state index in [-0.39, 0.29) is 11.5 Å². The molecule has 1 N–H and O–H groups in total. The number of amides is 1. The Labute approximate surface area is 158 Å². The Bertz CT molecular complexity index is 895. The Morgan fingerprint density at radius 3 is 2.63 bits per heavy atom. The molecule has 1 saturated heterocycles. The van der Waals surface area contributed by atoms with Crippen molar-refractivity contribution in [1.82, 2.24) is 15.2 Å². The van der Waals surface area contributed by atoms with Gasteiger partial charge in [0.2, 0.25) is 5.91 Å². The molecule has 1 fully saturated rings. The summed E-state index contributed by atoms with van der Waals surface area (Å²) in [6.45, 7) is 7.89. The van der Waals surface area contributed by atoms with Crippen LogP contribution in [0.1, 0.15) is 35.2 Å². The zero-order valence-corrected chi connectivity index (χ0v) is 15.9. The lowest BCUT2D eigenvalue weighted by molar-refractivity contribution is -0.118. The van der Waals surface area contributed by atoms with Crippen molar-refractivity contribution in [1.29, 1.82) is 0 Å². The van der Waals surface area contributed by atoms with Crippen molar-refractivity contribution in [2.45, 2.75) is 39.2 Å². The number of benzene rings is 1. The second kappa shape index (κ2) is 6.81. The van der Waals surface area contributed by atoms with E-state index in [0.29, 0.717) is 18.1 Å². The number of carbonyl (C=O) groups is 1. The maximum absolute atomic E-state index is 12.2. The first-order valence-corrected chi connectivity index (χ1v) is 9.25. The molecule has 0 bridgehead atoms. The maximum Gasteiger partial charge on any atom is 0.239 e. The number of piperidine rings is 1. The minimum Gasteiger partial charge on any atom is -0.482 e. The highest BCUT2D eigenvalue weighted by Gasteiger charge is 2.37. The van der Waals surface area contributed by atoms with Gasteiger partial charge in [0.25, 0.3) is 0 Å². The Hall–Kier alpha value is -2.67. The number of fused-ring (bicyclic) bond motifs is 1. The van der Waals surface area contributed by atoms with Crippen LogP contribution >= 0.6 is 0 Å². The van der Waals surface area contributed by atoms with Gasteiger partial charge in [0, 0.05) is 31.5 Å². The molecule has 2 aliphatic heterocycles. The monoisotopic (exact) mass is 368 g/mol. The van der Waals surface area contributed by atoms with Gasteiger partial charge in [-0.1, -0.05) is 11.2 Å². The number of hydrogen-bond donors (Lipinski definition) is 1. The van der Waals surface area contributed by atoms with Crippen molar-refractivity contribution in [2.24, 2.45) is 0 Å². The molecular formula is C20H24N4O3. The lowest BCUT2D eigenvalue weighted by Gasteiger charge is -2.41. The van der Waals surface area contributed by atoms with Crippen LogP contribution in [0.2, 0.25) is 0 Å². The lowest BCUT2D eigenvalue weighted by Crippen LogP contribution is -2.49. The molecule has 1 amide bonds. The van der Waals surface area contributed by atoms with E-state index in [9.17, 15) is 4.79 Å². The molecule has 0 atom stereocenters. The predicted octanol–water partition coefficient (Wildman–Crippen LogP) is 2.87. The fraction of sp³-hybridized carbons (Fsp3) is 0.450. The van der Waals surface area contributed by atoms with Crippen molar-refractivity contribution in [2.75, 3.05) is 25.0 Å². The van der Waals surface area contributed by atoms with Crippen LogP contribution in [0.4, 0.5) is 5.82 Å². The summed E-state index contributed by atoms with van der Waals surface area (Å²) in [6.07, 6.45) is 6.07. The molecule has 0 saturated carbocycles. The summed E-state index contributed by atoms with van der Waals surface area (Å²) in [6, 6.07) is 4.30. The standard InChI is InChI=1S/C20H24N4O3/c1-13-10-16-4-5-20(26-17(16)11-14(13)2)6-8-24(9-7-20)12-18(25)21-19-15(3)22-27-23-19/h4-5,10-11H,6-9,12H2,1-3H3,(H,21,23,25). The Morgan fingerprint density at radius 2 is 1.93 bits per heavy atom. The number of nitrogens with zero attached hydrogens (tertiary/aromatic N) is 3. The third kappa shape index (κ3) is 3.60. The minimum atomic E-state index is -0.270. The van der Waals surface area contributed by atoms with Crippen LogP contribution in [0.5, 0.6) is 5.75 Å². The van der Waals surface area contributed by atoms with Crippen LogP contribution in [-0.4, -0.2) is 46.4 Å². The minimum absolute atomic E-state index is 0.110. The molecule has 2 aromatic rings. The van der Waals surface area contributed by atoms with E-state index in [1.54, 1.807) is 6.92 Å². The highest BCUT2D eigenvalue weighted by Crippen LogP contribution is 2.38. The molecule has 7 nitrogen and oxygen atoms in total. The average molecular weight is 368 g/mol. The van der Waals surface area contributed by atoms with E-state index in [4.69, 9.17) is 4.74 Å². The second-order valence-electron chi connectivity index (χ2n) is 7.50. The topological polar surface area (TPSA) is 80.5 Å². The van der Waals surface area contributed by atoms with Gasteiger partial charge in [0.15, 0.2) is 5.82 Å². The van der Waals surface area contributed by atoms with Crippen LogP contribution in [0.25, 0.3) is 6.08 Å². The van der Waals surface area contributed by atoms with Crippen LogP contribution in [-0.2, 0) is 4.79 Å². The van der Waals surface area contributed by atoms with Gasteiger partial charge < -0.3 is 10.1 Å². The molecule has 3 heterocycles. The number of carbonyl (C=O) groups excluding carboxylic acids is 1. The number of hydrogen-bond acceptors (Lipinski definition) is 6. The predicted molar refractivity (Wildman–Crippen MR) is 102 cm³/mol. The normalized spacial score (nSPS) is 18.2. The van der Waals surface area contributed by atoms with Gasteiger partial charge >= 0.3 is 0 Å². The first-order chi connectivity index (χ1) is 12.9. The van der Waals surface area contributed by atoms with E-state index >= 15 is 0 Å². The van der Waals surface area contributed by atoms with Crippen molar-refractivity contribution < 1.29 is 14.2 Å². The van der Waals surface area contributed by atoms with Crippen LogP contribution in [0.3, 0.4) is 0 Å². The van der Waals surface area contributed by atoms with Crippen molar-refractivity contribution in [3.63, 3.8) is 0 Å². The fourth-order valence-electron chi connectivity index (χ4n) is 3.60. The van der Waals surface area contributed by atoms with Crippen molar-refractivity contribution >= 4 is 17.8 Å². The quantitative estimate of drug-likeness (QED) is 0.897. The van der Waals surface area contributed by atoms with Gasteiger partial charge in [-0.2, -0.15) is 0 Å². The number of ether oxygens (including phenoxy) is 1. The number of likely N-dealkylation sites (tertiary alicyclic amines) is 1. The summed E-state index contributed by atoms with van der Waals surface area (Å²) in [5.74, 6) is 1.23. The fourth-order valence-corrected chi connectivity index (χ4v) is 3.60. The molecule has 1 spiro atoms. The van der Waals surface area contributed by atoms with Gasteiger partial charge in [0.05, 0.1) is 6.54 Å². The summed E-state index contributed by atoms with van der Waals surface area (Å²) >= 11 is 0. The van der Waals surface area contributed by atoms with Crippen LogP contribution < -0.4 is 10.1 Å². The van der Waals surface area contributed by atoms with E-state index in [1.165, 1.54) is 11.1 Å². The van der Waals surface area contributed by atoms with E-state index in [0.717, 1.165) is 37.2 Å². The number of aryl methyl sites for hydroxylation is 3. The van der Waals surface area contributed by atoms with Gasteiger partial charge in [-0.25, -0.2) is 4.63 Å². The van der Waals surface area contributed by atoms with Crippen LogP contribution in [0, 0.1) is 20.8 Å². The molecule has 7 heteroatoms. The Morgan fingerprint density at radius 1 is 1.19 bits per heavy atom. The summed E-state index contributed by atoms with van der Waals surface area (Å²) in [5.41, 5.74) is 3.96. The number of anilines is 1. The van der Waals surface area contributed by atoms with E-state index in [2.05, 4.69) is 63.3 Å². The maximum atomic E-state index is 12.2. The summed E-state index contributed by atoms with van der Waals surface area (Å²) in [5, 5.41) is 10.1. The zero-order valence-electron chi connectivity index (χ0n) is 15.9. The van der Waals surface area contributed by atoms with E-state index < -0.39 is 0 Å². The summed E-state index contributed by atoms with van der Waals surface area (Å²) in [7, 11) is 0. The molecule has 0 aliphatic carbocycles. The van der Waals surface area contributed by atoms with Gasteiger partial charge in [0.1, 0.15) is 17.0 Å². The van der Waals surface area contributed by atoms with Gasteiger partial charge in [-0.05, 0) is 55.3 Å². The molecule has 27 heavy (non-hydrogen) atoms. The van der Waals surface area contributed by atoms with Gasteiger partial charge in [-0.15, -0.1) is 0 Å². The lowest BCUT2D eigenvalue weighted by atomic mass is 9.87. The Kier molecular flexibility index (Phi) is 4.47. The average Bonchev–Trinajstić information content (AvgIpc) is 3.03. The first-order valence-electron chi connectivity index (χ1n) is 9.25. The molecule has 1 aromatic carbocycles. The zero-order chi connectivity index (χ0) is 19.0. The highest BCUT2D eigenvalue weighted by atomic mass is 16.6. The third-order valence-corrected chi connectivity index (χ3v) is 5.49. The van der Waals surface area contributed by atoms with Crippen molar-refractivity contribution in [3.8, 4) is 5.75 Å². The first kappa shape index (κ1) is 17.7. The summed E-state index contributed by atoms with van der Waals surface area (Å²) in [4.78, 5) is 14.4. The summed E-state index contributed by atoms with van der Waals surface area (Å²) < 4.78 is 11.0. The molecular weight excluding hydrogens is 344 g/mol. The molecule has 0 radical (unpaired) electrons. The Balaban J connectivity index is 1.36. The van der Waals surface area contributed by atoms with Crippen LogP contribution in [0.15, 0.2) is 22.8 Å². The molecule has 4 rings (SSSR count). The largest absolute Gasteiger partial charge is 0.482 e. The van der Waals surface area contributed by atoms with Crippen molar-refractivity contribution in [3.05, 3.63) is 40.6 Å². The molecule has 0 unspecified atom stereocenters. The molecule has 1 aromatic heterocycles. The third-order valence-electron chi connectivity index (χ3n) is 5.49. The SMILES string of the molecule is Cc1cc2c(cc1C)OC1(C=C2)CCN(CC(=O)Nc2nonc2C)CC1. The van der Waals surface area contributed by atoms with E-state index in [1.807, 2.05) is 0 Å². The number of nitrogens with one attached hydrogen (secondary N) is 1.